The smallest absolute Gasteiger partial charge is 0.267 e. The lowest BCUT2D eigenvalue weighted by Crippen LogP contribution is -2.48. The molecule has 8 nitrogen and oxygen atoms in total. The molecular formula is C24H24FIN6O2. The van der Waals surface area contributed by atoms with Crippen LogP contribution in [0.3, 0.4) is 0 Å². The molecular weight excluding hydrogens is 550 g/mol. The molecule has 2 N–H and O–H groups in total. The fourth-order valence-electron chi connectivity index (χ4n) is 4.21. The number of anilines is 3. The minimum absolute atomic E-state index is 0.207. The maximum atomic E-state index is 13.5. The molecule has 34 heavy (non-hydrogen) atoms. The quantitative estimate of drug-likeness (QED) is 0.351. The first-order valence-corrected chi connectivity index (χ1v) is 12.1. The van der Waals surface area contributed by atoms with Gasteiger partial charge in [-0.3, -0.25) is 14.6 Å². The van der Waals surface area contributed by atoms with E-state index in [1.807, 2.05) is 65.6 Å². The molecule has 1 aromatic heterocycles. The summed E-state index contributed by atoms with van der Waals surface area (Å²) < 4.78 is 14.7. The monoisotopic (exact) mass is 574 g/mol. The minimum Gasteiger partial charge on any atom is -0.378 e. The van der Waals surface area contributed by atoms with E-state index in [2.05, 4.69) is 5.32 Å². The third-order valence-electron chi connectivity index (χ3n) is 5.89. The number of aromatic nitrogens is 2. The van der Waals surface area contributed by atoms with Crippen LogP contribution in [0.4, 0.5) is 21.7 Å². The van der Waals surface area contributed by atoms with Crippen molar-refractivity contribution in [1.82, 2.24) is 14.7 Å². The number of carbonyl (C=O) groups is 1. The van der Waals surface area contributed by atoms with E-state index in [9.17, 15) is 14.3 Å². The van der Waals surface area contributed by atoms with Crippen molar-refractivity contribution in [3.63, 3.8) is 0 Å². The van der Waals surface area contributed by atoms with Gasteiger partial charge in [-0.25, -0.2) is 14.1 Å². The number of fused-ring (bicyclic) bond motifs is 3. The van der Waals surface area contributed by atoms with Crippen molar-refractivity contribution >= 4 is 51.8 Å². The summed E-state index contributed by atoms with van der Waals surface area (Å²) in [6.45, 7) is 5.04. The summed E-state index contributed by atoms with van der Waals surface area (Å²) in [6.07, 6.45) is 0. The predicted octanol–water partition coefficient (Wildman–Crippen LogP) is 4.28. The third kappa shape index (κ3) is 4.05. The van der Waals surface area contributed by atoms with Crippen LogP contribution in [0.5, 0.6) is 0 Å². The second kappa shape index (κ2) is 8.35. The number of hydrogen-bond donors (Lipinski definition) is 2. The van der Waals surface area contributed by atoms with Crippen LogP contribution in [0, 0.1) is 5.82 Å². The summed E-state index contributed by atoms with van der Waals surface area (Å²) in [4.78, 5) is 21.7. The fourth-order valence-corrected chi connectivity index (χ4v) is 4.62. The molecule has 5 rings (SSSR count). The minimum atomic E-state index is -0.580. The first-order valence-electron chi connectivity index (χ1n) is 10.8. The Labute approximate surface area is 210 Å². The Hall–Kier alpha value is -2.99. The number of aliphatic imine (C=N–C) groups is 1. The van der Waals surface area contributed by atoms with Gasteiger partial charge in [0.2, 0.25) is 5.96 Å². The van der Waals surface area contributed by atoms with Crippen molar-refractivity contribution in [2.75, 3.05) is 23.8 Å². The van der Waals surface area contributed by atoms with Crippen LogP contribution in [0.25, 0.3) is 0 Å². The van der Waals surface area contributed by atoms with E-state index in [-0.39, 0.29) is 17.3 Å². The number of nitrogens with zero attached hydrogens (tertiary/aromatic N) is 5. The Morgan fingerprint density at radius 3 is 2.50 bits per heavy atom. The number of halogens is 2. The Morgan fingerprint density at radius 1 is 1.18 bits per heavy atom. The van der Waals surface area contributed by atoms with Crippen molar-refractivity contribution in [2.24, 2.45) is 4.99 Å². The molecule has 0 spiro atoms. The summed E-state index contributed by atoms with van der Waals surface area (Å²) in [6, 6.07) is 13.6. The number of carbonyl (C=O) groups excluding carboxylic acids is 1. The van der Waals surface area contributed by atoms with Gasteiger partial charge < -0.3 is 10.4 Å². The molecule has 2 aliphatic heterocycles. The number of amides is 1. The maximum Gasteiger partial charge on any atom is 0.267 e. The van der Waals surface area contributed by atoms with Crippen LogP contribution in [-0.4, -0.2) is 50.8 Å². The van der Waals surface area contributed by atoms with E-state index in [4.69, 9.17) is 10.1 Å². The molecule has 0 aliphatic carbocycles. The average molecular weight is 574 g/mol. The lowest BCUT2D eigenvalue weighted by Gasteiger charge is -2.30. The number of hydrogen-bond acceptors (Lipinski definition) is 6. The highest BCUT2D eigenvalue weighted by atomic mass is 127. The second-order valence-electron chi connectivity index (χ2n) is 9.09. The summed E-state index contributed by atoms with van der Waals surface area (Å²) in [5.41, 5.74) is 2.51. The van der Waals surface area contributed by atoms with Crippen molar-refractivity contribution in [2.45, 2.75) is 30.0 Å². The molecule has 2 aliphatic rings. The predicted molar refractivity (Wildman–Crippen MR) is 137 cm³/mol. The zero-order valence-corrected chi connectivity index (χ0v) is 21.1. The van der Waals surface area contributed by atoms with Gasteiger partial charge in [-0.2, -0.15) is 5.10 Å². The van der Waals surface area contributed by atoms with Gasteiger partial charge in [0, 0.05) is 12.7 Å². The Kier molecular flexibility index (Phi) is 5.59. The maximum absolute atomic E-state index is 13.5. The fraction of sp³-hybridized carbons (Fsp3) is 0.292. The van der Waals surface area contributed by atoms with Crippen LogP contribution >= 0.6 is 22.6 Å². The van der Waals surface area contributed by atoms with Gasteiger partial charge in [-0.05, 0) is 71.8 Å². The van der Waals surface area contributed by atoms with Crippen molar-refractivity contribution < 1.29 is 14.3 Å². The number of benzene rings is 2. The van der Waals surface area contributed by atoms with Gasteiger partial charge in [0.25, 0.3) is 5.91 Å². The van der Waals surface area contributed by atoms with E-state index in [0.29, 0.717) is 41.9 Å². The summed E-state index contributed by atoms with van der Waals surface area (Å²) in [7, 11) is 1.71. The molecule has 1 atom stereocenters. The molecule has 0 saturated carbocycles. The normalized spacial score (nSPS) is 17.4. The van der Waals surface area contributed by atoms with Crippen LogP contribution in [0.2, 0.25) is 0 Å². The topological polar surface area (TPSA) is 86.0 Å². The van der Waals surface area contributed by atoms with Crippen LogP contribution in [-0.2, 0) is 6.54 Å². The van der Waals surface area contributed by atoms with Gasteiger partial charge in [0.1, 0.15) is 21.3 Å². The molecule has 2 aromatic carbocycles. The van der Waals surface area contributed by atoms with Gasteiger partial charge in [-0.15, -0.1) is 0 Å². The summed E-state index contributed by atoms with van der Waals surface area (Å²) in [5.74, 6) is 1.12. The van der Waals surface area contributed by atoms with E-state index < -0.39 is 4.11 Å². The van der Waals surface area contributed by atoms with Crippen LogP contribution in [0.1, 0.15) is 39.4 Å². The molecule has 10 heteroatoms. The largest absolute Gasteiger partial charge is 0.378 e. The number of guanidine groups is 1. The Balaban J connectivity index is 1.60. The molecule has 1 unspecified atom stereocenters. The van der Waals surface area contributed by atoms with Crippen LogP contribution in [0.15, 0.2) is 53.5 Å². The summed E-state index contributed by atoms with van der Waals surface area (Å²) >= 11 is 1.95. The molecule has 3 aromatic rings. The molecule has 3 heterocycles. The number of aliphatic hydroxyl groups is 1. The zero-order chi connectivity index (χ0) is 24.2. The first-order chi connectivity index (χ1) is 16.1. The highest BCUT2D eigenvalue weighted by Gasteiger charge is 2.45. The van der Waals surface area contributed by atoms with E-state index in [1.165, 1.54) is 12.1 Å². The number of nitrogens with one attached hydrogen (secondary N) is 1. The van der Waals surface area contributed by atoms with Gasteiger partial charge >= 0.3 is 0 Å². The lowest BCUT2D eigenvalue weighted by atomic mass is 10.1. The highest BCUT2D eigenvalue weighted by molar-refractivity contribution is 14.1. The first kappa shape index (κ1) is 22.8. The number of alkyl halides is 1. The standard InChI is InChI=1S/C24H24FIN6O2/c1-24(2)13-31-21-18(22(34)30(3)23(31)28-24)20(27-17-10-8-16(25)9-11-17)32(29-21)12-14-4-6-15(7-5-14)19(26)33/h4-11,19,27,33H,12-13H2,1-3H3. The van der Waals surface area contributed by atoms with Gasteiger partial charge in [0.05, 0.1) is 18.6 Å². The molecule has 0 fully saturated rings. The van der Waals surface area contributed by atoms with Crippen molar-refractivity contribution in [1.29, 1.82) is 0 Å². The molecule has 176 valence electrons. The Morgan fingerprint density at radius 2 is 1.85 bits per heavy atom. The average Bonchev–Trinajstić information content (AvgIpc) is 3.31. The lowest BCUT2D eigenvalue weighted by molar-refractivity contribution is 0.0866. The third-order valence-corrected chi connectivity index (χ3v) is 6.61. The van der Waals surface area contributed by atoms with E-state index >= 15 is 0 Å². The molecule has 0 bridgehead atoms. The van der Waals surface area contributed by atoms with E-state index in [1.54, 1.807) is 28.8 Å². The van der Waals surface area contributed by atoms with E-state index in [0.717, 1.165) is 11.1 Å². The molecule has 0 saturated heterocycles. The van der Waals surface area contributed by atoms with Gasteiger partial charge in [-0.1, -0.05) is 24.3 Å². The van der Waals surface area contributed by atoms with Crippen molar-refractivity contribution in [3.05, 3.63) is 71.0 Å². The van der Waals surface area contributed by atoms with Gasteiger partial charge in [0.15, 0.2) is 5.82 Å². The Bertz CT molecular complexity index is 1280. The number of rotatable bonds is 5. The van der Waals surface area contributed by atoms with Crippen LogP contribution < -0.4 is 10.2 Å². The molecule has 1 amide bonds. The summed E-state index contributed by atoms with van der Waals surface area (Å²) in [5, 5.41) is 17.9. The SMILES string of the molecule is CN1C(=O)c2c(nn(Cc3ccc(C(O)I)cc3)c2Nc2ccc(F)cc2)N2CC(C)(C)N=C12. The highest BCUT2D eigenvalue weighted by Crippen LogP contribution is 2.39. The second-order valence-corrected chi connectivity index (χ2v) is 10.3. The zero-order valence-electron chi connectivity index (χ0n) is 19.0. The van der Waals surface area contributed by atoms with Crippen molar-refractivity contribution in [3.8, 4) is 0 Å². The molecule has 0 radical (unpaired) electrons. The number of aliphatic hydroxyl groups excluding tert-OH is 1.